The van der Waals surface area contributed by atoms with Gasteiger partial charge in [-0.1, -0.05) is 0 Å². The van der Waals surface area contributed by atoms with Crippen LogP contribution in [-0.4, -0.2) is 54.3 Å². The molecule has 0 saturated carbocycles. The number of nitrogens with zero attached hydrogens (tertiary/aromatic N) is 7. The highest BCUT2D eigenvalue weighted by Crippen LogP contribution is 2.32. The lowest BCUT2D eigenvalue weighted by Gasteiger charge is -2.08. The third kappa shape index (κ3) is 2.74. The molecule has 0 N–H and O–H groups in total. The molecule has 26 heavy (non-hydrogen) atoms. The standard InChI is InChI=1S/C17H19N7OS/c1-10-7-19-23(8-10)6-5-12-20-15-13-11(2)14(17(25)22(3)4)26-16(13)18-9-24(15)21-12/h7-9H,5-6H2,1-4H3. The molecular formula is C17H19N7OS. The summed E-state index contributed by atoms with van der Waals surface area (Å²) in [5.74, 6) is 0.718. The molecule has 134 valence electrons. The summed E-state index contributed by atoms with van der Waals surface area (Å²) in [5.41, 5.74) is 2.78. The van der Waals surface area contributed by atoms with Gasteiger partial charge < -0.3 is 4.90 Å². The van der Waals surface area contributed by atoms with Crippen molar-refractivity contribution in [1.29, 1.82) is 0 Å². The number of carbonyl (C=O) groups is 1. The Labute approximate surface area is 154 Å². The van der Waals surface area contributed by atoms with Gasteiger partial charge in [0.25, 0.3) is 5.91 Å². The Hall–Kier alpha value is -2.81. The van der Waals surface area contributed by atoms with Gasteiger partial charge in [0, 0.05) is 33.3 Å². The van der Waals surface area contributed by atoms with Crippen molar-refractivity contribution in [1.82, 2.24) is 34.3 Å². The van der Waals surface area contributed by atoms with Crippen molar-refractivity contribution in [2.75, 3.05) is 14.1 Å². The first-order valence-electron chi connectivity index (χ1n) is 8.28. The van der Waals surface area contributed by atoms with E-state index >= 15 is 0 Å². The minimum absolute atomic E-state index is 0.0163. The van der Waals surface area contributed by atoms with Crippen LogP contribution in [0.4, 0.5) is 0 Å². The third-order valence-electron chi connectivity index (χ3n) is 4.24. The average Bonchev–Trinajstić information content (AvgIpc) is 3.28. The van der Waals surface area contributed by atoms with E-state index in [0.29, 0.717) is 17.8 Å². The predicted octanol–water partition coefficient (Wildman–Crippen LogP) is 2.10. The number of hydrogen-bond acceptors (Lipinski definition) is 6. The largest absolute Gasteiger partial charge is 0.344 e. The van der Waals surface area contributed by atoms with Gasteiger partial charge >= 0.3 is 0 Å². The van der Waals surface area contributed by atoms with Crippen molar-refractivity contribution in [3.63, 3.8) is 0 Å². The second kappa shape index (κ2) is 6.17. The lowest BCUT2D eigenvalue weighted by molar-refractivity contribution is 0.0831. The van der Waals surface area contributed by atoms with Crippen LogP contribution in [0.25, 0.3) is 15.9 Å². The Morgan fingerprint density at radius 3 is 2.81 bits per heavy atom. The smallest absolute Gasteiger partial charge is 0.263 e. The Bertz CT molecular complexity index is 1120. The van der Waals surface area contributed by atoms with Crippen LogP contribution >= 0.6 is 11.3 Å². The first-order chi connectivity index (χ1) is 12.4. The van der Waals surface area contributed by atoms with Gasteiger partial charge in [0.1, 0.15) is 11.2 Å². The van der Waals surface area contributed by atoms with E-state index in [1.54, 1.807) is 29.8 Å². The maximum absolute atomic E-state index is 12.4. The van der Waals surface area contributed by atoms with Crippen LogP contribution in [0.5, 0.6) is 0 Å². The van der Waals surface area contributed by atoms with E-state index in [0.717, 1.165) is 32.8 Å². The van der Waals surface area contributed by atoms with Crippen molar-refractivity contribution in [3.05, 3.63) is 40.5 Å². The van der Waals surface area contributed by atoms with E-state index in [2.05, 4.69) is 15.2 Å². The summed E-state index contributed by atoms with van der Waals surface area (Å²) >= 11 is 1.40. The fourth-order valence-electron chi connectivity index (χ4n) is 2.89. The maximum atomic E-state index is 12.4. The number of thiophene rings is 1. The van der Waals surface area contributed by atoms with Crippen molar-refractivity contribution in [3.8, 4) is 0 Å². The van der Waals surface area contributed by atoms with Gasteiger partial charge in [-0.15, -0.1) is 16.4 Å². The van der Waals surface area contributed by atoms with Crippen LogP contribution in [0.1, 0.15) is 26.6 Å². The van der Waals surface area contributed by atoms with Crippen LogP contribution in [-0.2, 0) is 13.0 Å². The third-order valence-corrected chi connectivity index (χ3v) is 5.43. The zero-order valence-corrected chi connectivity index (χ0v) is 15.9. The number of fused-ring (bicyclic) bond motifs is 3. The predicted molar refractivity (Wildman–Crippen MR) is 99.6 cm³/mol. The number of aryl methyl sites for hydroxylation is 4. The summed E-state index contributed by atoms with van der Waals surface area (Å²) < 4.78 is 3.58. The molecule has 0 aliphatic heterocycles. The number of rotatable bonds is 4. The maximum Gasteiger partial charge on any atom is 0.263 e. The number of aromatic nitrogens is 6. The molecule has 0 unspecified atom stereocenters. The minimum atomic E-state index is -0.0163. The molecule has 4 aromatic heterocycles. The van der Waals surface area contributed by atoms with E-state index < -0.39 is 0 Å². The van der Waals surface area contributed by atoms with Crippen LogP contribution in [0, 0.1) is 13.8 Å². The second-order valence-electron chi connectivity index (χ2n) is 6.51. The lowest BCUT2D eigenvalue weighted by atomic mass is 10.2. The van der Waals surface area contributed by atoms with Gasteiger partial charge in [0.15, 0.2) is 11.5 Å². The fraction of sp³-hybridized carbons (Fsp3) is 0.353. The average molecular weight is 369 g/mol. The molecule has 0 saturated heterocycles. The van der Waals surface area contributed by atoms with Gasteiger partial charge in [-0.2, -0.15) is 5.10 Å². The van der Waals surface area contributed by atoms with E-state index in [4.69, 9.17) is 4.98 Å². The molecule has 9 heteroatoms. The van der Waals surface area contributed by atoms with Crippen molar-refractivity contribution < 1.29 is 4.79 Å². The van der Waals surface area contributed by atoms with Crippen LogP contribution < -0.4 is 0 Å². The topological polar surface area (TPSA) is 81.2 Å². The van der Waals surface area contributed by atoms with Crippen molar-refractivity contribution >= 4 is 33.1 Å². The van der Waals surface area contributed by atoms with Crippen LogP contribution in [0.2, 0.25) is 0 Å². The van der Waals surface area contributed by atoms with Crippen molar-refractivity contribution in [2.24, 2.45) is 0 Å². The van der Waals surface area contributed by atoms with Crippen molar-refractivity contribution in [2.45, 2.75) is 26.8 Å². The van der Waals surface area contributed by atoms with Gasteiger partial charge in [-0.05, 0) is 25.0 Å². The Morgan fingerprint density at radius 2 is 2.12 bits per heavy atom. The monoisotopic (exact) mass is 369 g/mol. The highest BCUT2D eigenvalue weighted by Gasteiger charge is 2.21. The molecular weight excluding hydrogens is 350 g/mol. The molecule has 0 aliphatic carbocycles. The molecule has 0 aromatic carbocycles. The Morgan fingerprint density at radius 1 is 1.31 bits per heavy atom. The molecule has 4 rings (SSSR count). The molecule has 8 nitrogen and oxygen atoms in total. The molecule has 0 aliphatic rings. The Kier molecular flexibility index (Phi) is 3.95. The van der Waals surface area contributed by atoms with Gasteiger partial charge in [0.05, 0.1) is 16.5 Å². The molecule has 4 aromatic rings. The number of hydrogen-bond donors (Lipinski definition) is 0. The van der Waals surface area contributed by atoms with Gasteiger partial charge in [-0.25, -0.2) is 14.5 Å². The highest BCUT2D eigenvalue weighted by atomic mass is 32.1. The summed E-state index contributed by atoms with van der Waals surface area (Å²) in [6, 6.07) is 0. The quantitative estimate of drug-likeness (QED) is 0.550. The molecule has 1 amide bonds. The van der Waals surface area contributed by atoms with E-state index in [-0.39, 0.29) is 5.91 Å². The zero-order valence-electron chi connectivity index (χ0n) is 15.1. The minimum Gasteiger partial charge on any atom is -0.344 e. The number of carbonyl (C=O) groups excluding carboxylic acids is 1. The normalized spacial score (nSPS) is 11.5. The van der Waals surface area contributed by atoms with Crippen LogP contribution in [0.3, 0.4) is 0 Å². The number of amides is 1. The lowest BCUT2D eigenvalue weighted by Crippen LogP contribution is -2.21. The van der Waals surface area contributed by atoms with Gasteiger partial charge in [0.2, 0.25) is 0 Å². The molecule has 0 atom stereocenters. The Balaban J connectivity index is 1.73. The summed E-state index contributed by atoms with van der Waals surface area (Å²) in [7, 11) is 3.50. The molecule has 0 spiro atoms. The molecule has 0 radical (unpaired) electrons. The molecule has 0 bridgehead atoms. The summed E-state index contributed by atoms with van der Waals surface area (Å²) in [5, 5.41) is 9.72. The van der Waals surface area contributed by atoms with Crippen LogP contribution in [0.15, 0.2) is 18.7 Å². The molecule has 4 heterocycles. The summed E-state index contributed by atoms with van der Waals surface area (Å²) in [4.78, 5) is 24.6. The summed E-state index contributed by atoms with van der Waals surface area (Å²) in [6.45, 7) is 4.67. The highest BCUT2D eigenvalue weighted by molar-refractivity contribution is 7.20. The van der Waals surface area contributed by atoms with E-state index in [9.17, 15) is 4.79 Å². The van der Waals surface area contributed by atoms with E-state index in [1.165, 1.54) is 11.3 Å². The zero-order chi connectivity index (χ0) is 18.4. The first kappa shape index (κ1) is 16.6. The van der Waals surface area contributed by atoms with Gasteiger partial charge in [-0.3, -0.25) is 9.48 Å². The van der Waals surface area contributed by atoms with E-state index in [1.807, 2.05) is 30.9 Å². The fourth-order valence-corrected chi connectivity index (χ4v) is 4.06. The molecule has 0 fully saturated rings. The first-order valence-corrected chi connectivity index (χ1v) is 9.09. The SMILES string of the molecule is Cc1cnn(CCc2nc3c4c(C)c(C(=O)N(C)C)sc4ncn3n2)c1. The summed E-state index contributed by atoms with van der Waals surface area (Å²) in [6.07, 6.45) is 6.17. The second-order valence-corrected chi connectivity index (χ2v) is 7.51.